The topological polar surface area (TPSA) is 0 Å². The molecule has 1 aliphatic carbocycles. The van der Waals surface area contributed by atoms with Crippen molar-refractivity contribution in [3.63, 3.8) is 0 Å². The lowest BCUT2D eigenvalue weighted by molar-refractivity contribution is 0.710. The maximum Gasteiger partial charge on any atom is 0.00518 e. The molecule has 0 nitrogen and oxygen atoms in total. The van der Waals surface area contributed by atoms with Crippen LogP contribution in [0, 0.1) is 13.8 Å². The van der Waals surface area contributed by atoms with Gasteiger partial charge < -0.3 is 0 Å². The van der Waals surface area contributed by atoms with Crippen molar-refractivity contribution in [2.24, 2.45) is 0 Å². The summed E-state index contributed by atoms with van der Waals surface area (Å²) in [6.07, 6.45) is 6.92. The van der Waals surface area contributed by atoms with E-state index >= 15 is 0 Å². The summed E-state index contributed by atoms with van der Waals surface area (Å²) in [4.78, 5) is 3.15. The number of hydrogen-bond donors (Lipinski definition) is 0. The average Bonchev–Trinajstić information content (AvgIpc) is 2.29. The van der Waals surface area contributed by atoms with Crippen molar-refractivity contribution in [1.82, 2.24) is 0 Å². The highest BCUT2D eigenvalue weighted by Gasteiger charge is 2.14. The molecule has 1 aliphatic rings. The Labute approximate surface area is 78.6 Å². The van der Waals surface area contributed by atoms with Gasteiger partial charge in [-0.1, -0.05) is 6.42 Å². The van der Waals surface area contributed by atoms with Crippen LogP contribution in [0.2, 0.25) is 0 Å². The van der Waals surface area contributed by atoms with Crippen molar-refractivity contribution in [1.29, 1.82) is 0 Å². The number of thiophene rings is 1. The van der Waals surface area contributed by atoms with E-state index < -0.39 is 0 Å². The molecule has 0 saturated heterocycles. The highest BCUT2D eigenvalue weighted by Crippen LogP contribution is 2.32. The summed E-state index contributed by atoms with van der Waals surface area (Å²) in [7, 11) is 0. The van der Waals surface area contributed by atoms with Crippen LogP contribution in [0.1, 0.15) is 40.1 Å². The number of hydrogen-bond acceptors (Lipinski definition) is 1. The Morgan fingerprint density at radius 1 is 0.833 bits per heavy atom. The van der Waals surface area contributed by atoms with Gasteiger partial charge in [0.2, 0.25) is 0 Å². The minimum absolute atomic E-state index is 1.34. The molecular formula is C11H16S. The summed E-state index contributed by atoms with van der Waals surface area (Å²) in [6.45, 7) is 4.56. The van der Waals surface area contributed by atoms with Gasteiger partial charge in [-0.2, -0.15) is 0 Å². The summed E-state index contributed by atoms with van der Waals surface area (Å²) < 4.78 is 0. The van der Waals surface area contributed by atoms with Crippen LogP contribution in [0.5, 0.6) is 0 Å². The SMILES string of the molecule is Cc1sc(C)c2c1CCCCC2. The van der Waals surface area contributed by atoms with E-state index in [1.54, 1.807) is 20.9 Å². The highest BCUT2D eigenvalue weighted by molar-refractivity contribution is 7.12. The molecule has 0 aliphatic heterocycles. The summed E-state index contributed by atoms with van der Waals surface area (Å²) in [5, 5.41) is 0. The van der Waals surface area contributed by atoms with Gasteiger partial charge in [0.05, 0.1) is 0 Å². The van der Waals surface area contributed by atoms with Gasteiger partial charge in [0.25, 0.3) is 0 Å². The van der Waals surface area contributed by atoms with Crippen LogP contribution in [0.15, 0.2) is 0 Å². The molecule has 0 fully saturated rings. The lowest BCUT2D eigenvalue weighted by Gasteiger charge is -1.99. The maximum absolute atomic E-state index is 2.28. The average molecular weight is 180 g/mol. The molecule has 0 spiro atoms. The van der Waals surface area contributed by atoms with Crippen molar-refractivity contribution < 1.29 is 0 Å². The van der Waals surface area contributed by atoms with Crippen LogP contribution in [0.25, 0.3) is 0 Å². The van der Waals surface area contributed by atoms with Gasteiger partial charge in [-0.05, 0) is 50.7 Å². The largest absolute Gasteiger partial charge is 0.145 e. The van der Waals surface area contributed by atoms with E-state index in [-0.39, 0.29) is 0 Å². The third-order valence-electron chi connectivity index (χ3n) is 2.87. The number of fused-ring (bicyclic) bond motifs is 1. The lowest BCUT2D eigenvalue weighted by atomic mass is 10.0. The first kappa shape index (κ1) is 8.31. The Balaban J connectivity index is 2.44. The quantitative estimate of drug-likeness (QED) is 0.535. The Bertz CT molecular complexity index is 257. The molecule has 0 amide bonds. The van der Waals surface area contributed by atoms with E-state index in [9.17, 15) is 0 Å². The number of aryl methyl sites for hydroxylation is 2. The Morgan fingerprint density at radius 3 is 1.83 bits per heavy atom. The van der Waals surface area contributed by atoms with Crippen LogP contribution in [0.3, 0.4) is 0 Å². The molecule has 0 aromatic carbocycles. The van der Waals surface area contributed by atoms with Crippen molar-refractivity contribution in [3.8, 4) is 0 Å². The second-order valence-electron chi connectivity index (χ2n) is 3.73. The van der Waals surface area contributed by atoms with Crippen LogP contribution >= 0.6 is 11.3 Å². The monoisotopic (exact) mass is 180 g/mol. The first-order valence-corrected chi connectivity index (χ1v) is 5.68. The van der Waals surface area contributed by atoms with Crippen LogP contribution < -0.4 is 0 Å². The maximum atomic E-state index is 2.28. The van der Waals surface area contributed by atoms with Crippen LogP contribution in [-0.2, 0) is 12.8 Å². The zero-order valence-corrected chi connectivity index (χ0v) is 8.76. The Morgan fingerprint density at radius 2 is 1.33 bits per heavy atom. The standard InChI is InChI=1S/C11H16S/c1-8-10-6-4-3-5-7-11(10)9(2)12-8/h3-7H2,1-2H3. The fraction of sp³-hybridized carbons (Fsp3) is 0.636. The van der Waals surface area contributed by atoms with Crippen molar-refractivity contribution >= 4 is 11.3 Å². The Kier molecular flexibility index (Phi) is 2.22. The van der Waals surface area contributed by atoms with Gasteiger partial charge in [0.15, 0.2) is 0 Å². The second kappa shape index (κ2) is 3.21. The van der Waals surface area contributed by atoms with Gasteiger partial charge >= 0.3 is 0 Å². The number of rotatable bonds is 0. The fourth-order valence-electron chi connectivity index (χ4n) is 2.21. The van der Waals surface area contributed by atoms with Crippen molar-refractivity contribution in [2.75, 3.05) is 0 Å². The molecule has 1 aromatic rings. The molecule has 0 N–H and O–H groups in total. The highest BCUT2D eigenvalue weighted by atomic mass is 32.1. The summed E-state index contributed by atoms with van der Waals surface area (Å²) in [5.74, 6) is 0. The van der Waals surface area contributed by atoms with Gasteiger partial charge in [0, 0.05) is 9.75 Å². The van der Waals surface area contributed by atoms with E-state index in [1.807, 2.05) is 11.3 Å². The second-order valence-corrected chi connectivity index (χ2v) is 5.16. The molecular weight excluding hydrogens is 164 g/mol. The fourth-order valence-corrected chi connectivity index (χ4v) is 3.37. The zero-order chi connectivity index (χ0) is 8.55. The predicted octanol–water partition coefficient (Wildman–Crippen LogP) is 3.63. The summed E-state index contributed by atoms with van der Waals surface area (Å²) in [6, 6.07) is 0. The van der Waals surface area contributed by atoms with Crippen molar-refractivity contribution in [3.05, 3.63) is 20.9 Å². The van der Waals surface area contributed by atoms with Gasteiger partial charge in [-0.3, -0.25) is 0 Å². The van der Waals surface area contributed by atoms with Gasteiger partial charge in [-0.25, -0.2) is 0 Å². The minimum Gasteiger partial charge on any atom is -0.145 e. The van der Waals surface area contributed by atoms with Gasteiger partial charge in [0.1, 0.15) is 0 Å². The van der Waals surface area contributed by atoms with E-state index in [0.717, 1.165) is 0 Å². The summed E-state index contributed by atoms with van der Waals surface area (Å²) >= 11 is 1.99. The molecule has 1 aromatic heterocycles. The molecule has 0 radical (unpaired) electrons. The first-order chi connectivity index (χ1) is 5.79. The van der Waals surface area contributed by atoms with E-state index in [4.69, 9.17) is 0 Å². The van der Waals surface area contributed by atoms with Gasteiger partial charge in [-0.15, -0.1) is 11.3 Å². The first-order valence-electron chi connectivity index (χ1n) is 4.87. The van der Waals surface area contributed by atoms with E-state index in [2.05, 4.69) is 13.8 Å². The lowest BCUT2D eigenvalue weighted by Crippen LogP contribution is -1.88. The smallest absolute Gasteiger partial charge is 0.00518 e. The van der Waals surface area contributed by atoms with Crippen LogP contribution in [0.4, 0.5) is 0 Å². The van der Waals surface area contributed by atoms with E-state index in [0.29, 0.717) is 0 Å². The molecule has 0 atom stereocenters. The zero-order valence-electron chi connectivity index (χ0n) is 7.94. The molecule has 1 heterocycles. The van der Waals surface area contributed by atoms with Crippen LogP contribution in [-0.4, -0.2) is 0 Å². The molecule has 1 heteroatoms. The minimum atomic E-state index is 1.34. The molecule has 0 saturated carbocycles. The Hall–Kier alpha value is -0.300. The van der Waals surface area contributed by atoms with Crippen molar-refractivity contribution in [2.45, 2.75) is 46.0 Å². The molecule has 12 heavy (non-hydrogen) atoms. The molecule has 0 unspecified atom stereocenters. The third kappa shape index (κ3) is 1.31. The van der Waals surface area contributed by atoms with E-state index in [1.165, 1.54) is 32.1 Å². The third-order valence-corrected chi connectivity index (χ3v) is 3.98. The summed E-state index contributed by atoms with van der Waals surface area (Å²) in [5.41, 5.74) is 3.38. The molecule has 66 valence electrons. The predicted molar refractivity (Wildman–Crippen MR) is 55.1 cm³/mol. The molecule has 0 bridgehead atoms. The molecule has 2 rings (SSSR count). The normalized spacial score (nSPS) is 17.2.